The molecule has 0 aliphatic carbocycles. The van der Waals surface area contributed by atoms with Crippen LogP contribution in [0, 0.1) is 0 Å². The molecule has 2 aromatic rings. The van der Waals surface area contributed by atoms with Gasteiger partial charge in [0.2, 0.25) is 0 Å². The summed E-state index contributed by atoms with van der Waals surface area (Å²) in [6.07, 6.45) is 3.46. The molecule has 0 heterocycles. The molecule has 0 unspecified atom stereocenters. The van der Waals surface area contributed by atoms with Crippen molar-refractivity contribution in [3.63, 3.8) is 0 Å². The lowest BCUT2D eigenvalue weighted by molar-refractivity contribution is 0.259. The van der Waals surface area contributed by atoms with Gasteiger partial charge in [0.05, 0.1) is 13.2 Å². The number of aliphatic hydroxyl groups is 2. The molecule has 0 atom stereocenters. The molecule has 0 saturated carbocycles. The molecule has 0 spiro atoms. The normalized spacial score (nSPS) is 10.9. The molecule has 2 N–H and O–H groups in total. The number of hydrogen-bond donors (Lipinski definition) is 2. The van der Waals surface area contributed by atoms with E-state index in [0.29, 0.717) is 12.4 Å². The first-order valence-electron chi connectivity index (χ1n) is 6.51. The summed E-state index contributed by atoms with van der Waals surface area (Å²) in [7, 11) is 0. The Balaban J connectivity index is 2.09. The molecule has 2 rings (SSSR count). The van der Waals surface area contributed by atoms with E-state index in [1.807, 2.05) is 48.5 Å². The van der Waals surface area contributed by atoms with Gasteiger partial charge in [0.25, 0.3) is 0 Å². The molecule has 2 aromatic carbocycles. The molecular weight excluding hydrogens is 252 g/mol. The van der Waals surface area contributed by atoms with E-state index >= 15 is 0 Å². The van der Waals surface area contributed by atoms with Crippen LogP contribution in [0.4, 0.5) is 0 Å². The molecule has 0 saturated heterocycles. The second kappa shape index (κ2) is 7.48. The van der Waals surface area contributed by atoms with E-state index in [1.54, 1.807) is 12.2 Å². The Kier molecular flexibility index (Phi) is 5.35. The van der Waals surface area contributed by atoms with Gasteiger partial charge in [0.15, 0.2) is 0 Å². The van der Waals surface area contributed by atoms with Crippen LogP contribution in [0.5, 0.6) is 5.75 Å². The van der Waals surface area contributed by atoms with Crippen molar-refractivity contribution in [1.29, 1.82) is 0 Å². The minimum absolute atomic E-state index is 0.000711. The maximum absolute atomic E-state index is 9.41. The van der Waals surface area contributed by atoms with E-state index < -0.39 is 0 Å². The van der Waals surface area contributed by atoms with Crippen LogP contribution in [-0.2, 0) is 13.2 Å². The van der Waals surface area contributed by atoms with E-state index in [0.717, 1.165) is 16.7 Å². The molecule has 0 fully saturated rings. The second-order valence-electron chi connectivity index (χ2n) is 4.38. The number of benzene rings is 2. The molecule has 0 bridgehead atoms. The summed E-state index contributed by atoms with van der Waals surface area (Å²) in [4.78, 5) is 0. The topological polar surface area (TPSA) is 49.7 Å². The molecule has 0 amide bonds. The maximum atomic E-state index is 9.41. The van der Waals surface area contributed by atoms with Gasteiger partial charge in [0.1, 0.15) is 12.4 Å². The third-order valence-electron chi connectivity index (χ3n) is 2.91. The summed E-state index contributed by atoms with van der Waals surface area (Å²) < 4.78 is 5.74. The van der Waals surface area contributed by atoms with Crippen molar-refractivity contribution in [1.82, 2.24) is 0 Å². The highest BCUT2D eigenvalue weighted by Crippen LogP contribution is 2.22. The SMILES string of the molecule is OCC=Cc1ccc(OCc2ccccc2)c(CO)c1. The molecule has 20 heavy (non-hydrogen) atoms. The Morgan fingerprint density at radius 3 is 2.50 bits per heavy atom. The second-order valence-corrected chi connectivity index (χ2v) is 4.38. The molecule has 104 valence electrons. The lowest BCUT2D eigenvalue weighted by Crippen LogP contribution is -1.99. The number of ether oxygens (including phenoxy) is 1. The van der Waals surface area contributed by atoms with Gasteiger partial charge in [-0.2, -0.15) is 0 Å². The lowest BCUT2D eigenvalue weighted by Gasteiger charge is -2.11. The third kappa shape index (κ3) is 3.95. The Morgan fingerprint density at radius 1 is 1.00 bits per heavy atom. The zero-order chi connectivity index (χ0) is 14.2. The highest BCUT2D eigenvalue weighted by atomic mass is 16.5. The molecular formula is C17H18O3. The Morgan fingerprint density at radius 2 is 1.80 bits per heavy atom. The van der Waals surface area contributed by atoms with Crippen molar-refractivity contribution in [2.45, 2.75) is 13.2 Å². The van der Waals surface area contributed by atoms with Crippen LogP contribution in [0.1, 0.15) is 16.7 Å². The summed E-state index contributed by atoms with van der Waals surface area (Å²) >= 11 is 0. The third-order valence-corrected chi connectivity index (χ3v) is 2.91. The Labute approximate surface area is 118 Å². The smallest absolute Gasteiger partial charge is 0.125 e. The van der Waals surface area contributed by atoms with Crippen LogP contribution in [0.2, 0.25) is 0 Å². The zero-order valence-electron chi connectivity index (χ0n) is 11.2. The number of aliphatic hydroxyl groups excluding tert-OH is 2. The maximum Gasteiger partial charge on any atom is 0.125 e. The van der Waals surface area contributed by atoms with E-state index in [4.69, 9.17) is 9.84 Å². The predicted octanol–water partition coefficient (Wildman–Crippen LogP) is 2.76. The summed E-state index contributed by atoms with van der Waals surface area (Å²) in [6, 6.07) is 15.5. The summed E-state index contributed by atoms with van der Waals surface area (Å²) in [5.74, 6) is 0.678. The van der Waals surface area contributed by atoms with Crippen LogP contribution >= 0.6 is 0 Å². The first kappa shape index (κ1) is 14.3. The molecule has 0 radical (unpaired) electrons. The highest BCUT2D eigenvalue weighted by molar-refractivity contribution is 5.53. The highest BCUT2D eigenvalue weighted by Gasteiger charge is 2.04. The van der Waals surface area contributed by atoms with E-state index in [1.165, 1.54) is 0 Å². The molecule has 0 aromatic heterocycles. The van der Waals surface area contributed by atoms with Crippen molar-refractivity contribution in [2.24, 2.45) is 0 Å². The fourth-order valence-electron chi connectivity index (χ4n) is 1.89. The molecule has 0 aliphatic heterocycles. The van der Waals surface area contributed by atoms with E-state index in [2.05, 4.69) is 0 Å². The Bertz CT molecular complexity index is 562. The largest absolute Gasteiger partial charge is 0.489 e. The monoisotopic (exact) mass is 270 g/mol. The van der Waals surface area contributed by atoms with Gasteiger partial charge in [-0.05, 0) is 23.3 Å². The predicted molar refractivity (Wildman–Crippen MR) is 79.3 cm³/mol. The fraction of sp³-hybridized carbons (Fsp3) is 0.176. The van der Waals surface area contributed by atoms with E-state index in [9.17, 15) is 5.11 Å². The minimum atomic E-state index is -0.0784. The van der Waals surface area contributed by atoms with Crippen LogP contribution in [0.15, 0.2) is 54.6 Å². The van der Waals surface area contributed by atoms with Crippen molar-refractivity contribution in [3.8, 4) is 5.75 Å². The van der Waals surface area contributed by atoms with Gasteiger partial charge in [-0.3, -0.25) is 0 Å². The quantitative estimate of drug-likeness (QED) is 0.848. The van der Waals surface area contributed by atoms with Crippen molar-refractivity contribution >= 4 is 6.08 Å². The molecule has 0 aliphatic rings. The van der Waals surface area contributed by atoms with Gasteiger partial charge in [-0.1, -0.05) is 48.6 Å². The van der Waals surface area contributed by atoms with Gasteiger partial charge in [0, 0.05) is 5.56 Å². The van der Waals surface area contributed by atoms with Gasteiger partial charge in [-0.15, -0.1) is 0 Å². The average Bonchev–Trinajstić information content (AvgIpc) is 2.52. The first-order chi connectivity index (χ1) is 9.83. The fourth-order valence-corrected chi connectivity index (χ4v) is 1.89. The van der Waals surface area contributed by atoms with Crippen LogP contribution in [-0.4, -0.2) is 16.8 Å². The van der Waals surface area contributed by atoms with Crippen LogP contribution in [0.25, 0.3) is 6.08 Å². The minimum Gasteiger partial charge on any atom is -0.489 e. The average molecular weight is 270 g/mol. The lowest BCUT2D eigenvalue weighted by atomic mass is 10.1. The summed E-state index contributed by atoms with van der Waals surface area (Å²) in [5, 5.41) is 18.2. The number of hydrogen-bond acceptors (Lipinski definition) is 3. The zero-order valence-corrected chi connectivity index (χ0v) is 11.2. The van der Waals surface area contributed by atoms with Crippen LogP contribution in [0.3, 0.4) is 0 Å². The molecule has 3 nitrogen and oxygen atoms in total. The van der Waals surface area contributed by atoms with Crippen molar-refractivity contribution in [3.05, 3.63) is 71.3 Å². The standard InChI is InChI=1S/C17H18O3/c18-10-4-7-14-8-9-17(16(11-14)12-19)20-13-15-5-2-1-3-6-15/h1-9,11,18-19H,10,12-13H2. The molecule has 3 heteroatoms. The van der Waals surface area contributed by atoms with Gasteiger partial charge < -0.3 is 14.9 Å². The van der Waals surface area contributed by atoms with Gasteiger partial charge in [-0.25, -0.2) is 0 Å². The van der Waals surface area contributed by atoms with Gasteiger partial charge >= 0.3 is 0 Å². The summed E-state index contributed by atoms with van der Waals surface area (Å²) in [5.41, 5.74) is 2.75. The first-order valence-corrected chi connectivity index (χ1v) is 6.51. The summed E-state index contributed by atoms with van der Waals surface area (Å²) in [6.45, 7) is 0.394. The Hall–Kier alpha value is -2.10. The van der Waals surface area contributed by atoms with Crippen molar-refractivity contribution in [2.75, 3.05) is 6.61 Å². The van der Waals surface area contributed by atoms with Crippen molar-refractivity contribution < 1.29 is 14.9 Å². The number of rotatable bonds is 6. The van der Waals surface area contributed by atoms with E-state index in [-0.39, 0.29) is 13.2 Å². The van der Waals surface area contributed by atoms with Crippen LogP contribution < -0.4 is 4.74 Å².